The number of aliphatic imine (C=N–C) groups is 1. The Hall–Kier alpha value is -2.53. The first-order valence-electron chi connectivity index (χ1n) is 9.78. The maximum absolute atomic E-state index is 13.3. The van der Waals surface area contributed by atoms with Gasteiger partial charge in [0, 0.05) is 6.04 Å². The van der Waals surface area contributed by atoms with Crippen LogP contribution in [-0.4, -0.2) is 27.1 Å². The number of carbonyl (C=O) groups is 1. The normalized spacial score (nSPS) is 25.6. The van der Waals surface area contributed by atoms with Crippen LogP contribution in [0.5, 0.6) is 5.75 Å². The Kier molecular flexibility index (Phi) is 5.53. The van der Waals surface area contributed by atoms with Crippen LogP contribution < -0.4 is 0 Å². The Morgan fingerprint density at radius 2 is 1.89 bits per heavy atom. The first kappa shape index (κ1) is 18.8. The van der Waals surface area contributed by atoms with E-state index in [2.05, 4.69) is 6.92 Å². The zero-order valence-corrected chi connectivity index (χ0v) is 16.7. The van der Waals surface area contributed by atoms with Gasteiger partial charge in [0.1, 0.15) is 5.75 Å². The molecule has 4 rings (SSSR count). The molecule has 1 heterocycles. The van der Waals surface area contributed by atoms with Gasteiger partial charge < -0.3 is 5.11 Å². The van der Waals surface area contributed by atoms with Crippen LogP contribution in [0.3, 0.4) is 0 Å². The fourth-order valence-corrected chi connectivity index (χ4v) is 4.96. The summed E-state index contributed by atoms with van der Waals surface area (Å²) < 4.78 is 0. The van der Waals surface area contributed by atoms with Crippen molar-refractivity contribution in [2.24, 2.45) is 10.9 Å². The summed E-state index contributed by atoms with van der Waals surface area (Å²) in [5, 5.41) is 10.5. The van der Waals surface area contributed by atoms with E-state index in [-0.39, 0.29) is 17.7 Å². The highest BCUT2D eigenvalue weighted by Gasteiger charge is 2.41. The Morgan fingerprint density at radius 3 is 2.64 bits per heavy atom. The van der Waals surface area contributed by atoms with Crippen LogP contribution in [0.2, 0.25) is 0 Å². The molecule has 1 N–H and O–H groups in total. The van der Waals surface area contributed by atoms with E-state index in [1.54, 1.807) is 18.2 Å². The average molecular weight is 393 g/mol. The highest BCUT2D eigenvalue weighted by molar-refractivity contribution is 8.18. The van der Waals surface area contributed by atoms with E-state index in [9.17, 15) is 9.90 Å². The van der Waals surface area contributed by atoms with Crippen molar-refractivity contribution in [1.82, 2.24) is 4.90 Å². The SMILES string of the molecule is C[C@H]1CCCC[C@@H]1N1C(=O)/C(=C/c2cccc(O)c2)SC1=Nc1ccccc1. The smallest absolute Gasteiger partial charge is 0.267 e. The summed E-state index contributed by atoms with van der Waals surface area (Å²) in [4.78, 5) is 20.7. The quantitative estimate of drug-likeness (QED) is 0.694. The molecule has 28 heavy (non-hydrogen) atoms. The van der Waals surface area contributed by atoms with Gasteiger partial charge in [-0.25, -0.2) is 4.99 Å². The second-order valence-electron chi connectivity index (χ2n) is 7.44. The number of thioether (sulfide) groups is 1. The molecule has 5 heteroatoms. The van der Waals surface area contributed by atoms with Crippen molar-refractivity contribution >= 4 is 34.6 Å². The number of para-hydroxylation sites is 1. The number of phenols is 1. The lowest BCUT2D eigenvalue weighted by atomic mass is 9.85. The Bertz CT molecular complexity index is 923. The van der Waals surface area contributed by atoms with E-state index in [1.165, 1.54) is 18.2 Å². The molecule has 1 saturated heterocycles. The van der Waals surface area contributed by atoms with Gasteiger partial charge in [0.25, 0.3) is 5.91 Å². The third-order valence-electron chi connectivity index (χ3n) is 5.38. The molecule has 4 nitrogen and oxygen atoms in total. The van der Waals surface area contributed by atoms with Gasteiger partial charge in [-0.3, -0.25) is 9.69 Å². The Morgan fingerprint density at radius 1 is 1.11 bits per heavy atom. The Labute approximate surface area is 170 Å². The lowest BCUT2D eigenvalue weighted by Gasteiger charge is -2.35. The van der Waals surface area contributed by atoms with Crippen LogP contribution in [0.4, 0.5) is 5.69 Å². The molecule has 0 aromatic heterocycles. The van der Waals surface area contributed by atoms with Crippen LogP contribution >= 0.6 is 11.8 Å². The first-order chi connectivity index (χ1) is 13.6. The van der Waals surface area contributed by atoms with Crippen LogP contribution in [0.1, 0.15) is 38.2 Å². The van der Waals surface area contributed by atoms with Gasteiger partial charge in [-0.05, 0) is 66.4 Å². The molecule has 2 fully saturated rings. The standard InChI is InChI=1S/C23H24N2O2S/c1-16-8-5-6-13-20(16)25-22(27)21(15-17-9-7-12-19(26)14-17)28-23(25)24-18-10-3-2-4-11-18/h2-4,7,9-12,14-16,20,26H,5-6,8,13H2,1H3/b21-15-,24-23?/t16-,20-/m0/s1. The summed E-state index contributed by atoms with van der Waals surface area (Å²) >= 11 is 1.42. The largest absolute Gasteiger partial charge is 0.508 e. The number of hydrogen-bond donors (Lipinski definition) is 1. The number of nitrogens with zero attached hydrogens (tertiary/aromatic N) is 2. The second kappa shape index (κ2) is 8.23. The minimum atomic E-state index is 0.0155. The molecule has 0 unspecified atom stereocenters. The molecule has 144 valence electrons. The first-order valence-corrected chi connectivity index (χ1v) is 10.6. The molecule has 1 aliphatic heterocycles. The van der Waals surface area contributed by atoms with Crippen LogP contribution in [-0.2, 0) is 4.79 Å². The molecule has 1 aliphatic carbocycles. The van der Waals surface area contributed by atoms with Crippen molar-refractivity contribution in [2.45, 2.75) is 38.6 Å². The second-order valence-corrected chi connectivity index (χ2v) is 8.45. The van der Waals surface area contributed by atoms with Crippen molar-refractivity contribution in [2.75, 3.05) is 0 Å². The number of carbonyl (C=O) groups excluding carboxylic acids is 1. The molecule has 2 aliphatic rings. The predicted molar refractivity (Wildman–Crippen MR) is 115 cm³/mol. The van der Waals surface area contributed by atoms with Gasteiger partial charge in [0.05, 0.1) is 10.6 Å². The fraction of sp³-hybridized carbons (Fsp3) is 0.304. The zero-order chi connectivity index (χ0) is 19.5. The number of phenolic OH excluding ortho intramolecular Hbond substituents is 1. The molecule has 2 atom stereocenters. The number of aromatic hydroxyl groups is 1. The summed E-state index contributed by atoms with van der Waals surface area (Å²) in [6, 6.07) is 16.9. The number of amidine groups is 1. The van der Waals surface area contributed by atoms with Crippen molar-refractivity contribution < 1.29 is 9.90 Å². The maximum Gasteiger partial charge on any atom is 0.267 e. The topological polar surface area (TPSA) is 52.9 Å². The van der Waals surface area contributed by atoms with Gasteiger partial charge in [0.2, 0.25) is 0 Å². The molecule has 2 aromatic rings. The highest BCUT2D eigenvalue weighted by atomic mass is 32.2. The molecule has 1 amide bonds. The molecular formula is C23H24N2O2S. The monoisotopic (exact) mass is 392 g/mol. The molecule has 0 radical (unpaired) electrons. The van der Waals surface area contributed by atoms with Gasteiger partial charge in [-0.1, -0.05) is 50.1 Å². The van der Waals surface area contributed by atoms with E-state index in [1.807, 2.05) is 47.4 Å². The highest BCUT2D eigenvalue weighted by Crippen LogP contribution is 2.40. The van der Waals surface area contributed by atoms with Crippen molar-refractivity contribution in [1.29, 1.82) is 0 Å². The van der Waals surface area contributed by atoms with E-state index in [0.717, 1.165) is 35.7 Å². The minimum Gasteiger partial charge on any atom is -0.508 e. The molecular weight excluding hydrogens is 368 g/mol. The van der Waals surface area contributed by atoms with E-state index < -0.39 is 0 Å². The number of benzene rings is 2. The summed E-state index contributed by atoms with van der Waals surface area (Å²) in [7, 11) is 0. The maximum atomic E-state index is 13.3. The van der Waals surface area contributed by atoms with Gasteiger partial charge in [0.15, 0.2) is 5.17 Å². The lowest BCUT2D eigenvalue weighted by molar-refractivity contribution is -0.124. The third kappa shape index (κ3) is 3.99. The van der Waals surface area contributed by atoms with Crippen LogP contribution in [0.15, 0.2) is 64.5 Å². The van der Waals surface area contributed by atoms with Crippen LogP contribution in [0, 0.1) is 5.92 Å². The van der Waals surface area contributed by atoms with Crippen molar-refractivity contribution in [3.05, 3.63) is 65.1 Å². The zero-order valence-electron chi connectivity index (χ0n) is 15.9. The summed E-state index contributed by atoms with van der Waals surface area (Å²) in [5.74, 6) is 0.668. The number of hydrogen-bond acceptors (Lipinski definition) is 4. The van der Waals surface area contributed by atoms with Crippen molar-refractivity contribution in [3.8, 4) is 5.75 Å². The molecule has 2 aromatic carbocycles. The third-order valence-corrected chi connectivity index (χ3v) is 6.37. The van der Waals surface area contributed by atoms with Gasteiger partial charge in [-0.15, -0.1) is 0 Å². The van der Waals surface area contributed by atoms with Gasteiger partial charge in [-0.2, -0.15) is 0 Å². The summed E-state index contributed by atoms with van der Waals surface area (Å²) in [5.41, 5.74) is 1.67. The summed E-state index contributed by atoms with van der Waals surface area (Å²) in [6.45, 7) is 2.23. The fourth-order valence-electron chi connectivity index (χ4n) is 3.92. The molecule has 0 spiro atoms. The van der Waals surface area contributed by atoms with E-state index >= 15 is 0 Å². The molecule has 0 bridgehead atoms. The average Bonchev–Trinajstić information content (AvgIpc) is 2.98. The van der Waals surface area contributed by atoms with E-state index in [4.69, 9.17) is 4.99 Å². The minimum absolute atomic E-state index is 0.0155. The molecule has 1 saturated carbocycles. The predicted octanol–water partition coefficient (Wildman–Crippen LogP) is 5.57. The van der Waals surface area contributed by atoms with E-state index in [0.29, 0.717) is 10.8 Å². The van der Waals surface area contributed by atoms with Crippen LogP contribution in [0.25, 0.3) is 6.08 Å². The van der Waals surface area contributed by atoms with Crippen molar-refractivity contribution in [3.63, 3.8) is 0 Å². The number of rotatable bonds is 3. The Balaban J connectivity index is 1.72. The number of amides is 1. The lowest BCUT2D eigenvalue weighted by Crippen LogP contribution is -2.44. The summed E-state index contributed by atoms with van der Waals surface area (Å²) in [6.07, 6.45) is 6.38. The van der Waals surface area contributed by atoms with Gasteiger partial charge >= 0.3 is 0 Å².